The number of hydrogen-bond acceptors (Lipinski definition) is 3. The van der Waals surface area contributed by atoms with Crippen molar-refractivity contribution in [2.24, 2.45) is 7.05 Å². The predicted molar refractivity (Wildman–Crippen MR) is 97.4 cm³/mol. The Labute approximate surface area is 147 Å². The molecule has 1 aliphatic rings. The van der Waals surface area contributed by atoms with Gasteiger partial charge in [0.25, 0.3) is 5.91 Å². The average Bonchev–Trinajstić information content (AvgIpc) is 3.23. The first-order valence-electron chi connectivity index (χ1n) is 8.56. The maximum absolute atomic E-state index is 12.4. The molecule has 25 heavy (non-hydrogen) atoms. The van der Waals surface area contributed by atoms with Crippen molar-refractivity contribution in [1.29, 1.82) is 0 Å². The van der Waals surface area contributed by atoms with E-state index in [0.717, 1.165) is 19.4 Å². The van der Waals surface area contributed by atoms with Crippen molar-refractivity contribution >= 4 is 17.5 Å². The molecule has 0 bridgehead atoms. The molecule has 1 saturated heterocycles. The molecular weight excluding hydrogens is 316 g/mol. The van der Waals surface area contributed by atoms with Gasteiger partial charge in [-0.25, -0.2) is 0 Å². The smallest absolute Gasteiger partial charge is 0.251 e. The summed E-state index contributed by atoms with van der Waals surface area (Å²) in [4.78, 5) is 26.2. The monoisotopic (exact) mass is 340 g/mol. The van der Waals surface area contributed by atoms with E-state index in [1.54, 1.807) is 31.3 Å². The molecule has 3 rings (SSSR count). The fourth-order valence-electron chi connectivity index (χ4n) is 3.41. The van der Waals surface area contributed by atoms with Gasteiger partial charge in [0, 0.05) is 37.2 Å². The van der Waals surface area contributed by atoms with Gasteiger partial charge in [-0.3, -0.25) is 14.5 Å². The van der Waals surface area contributed by atoms with Gasteiger partial charge in [-0.05, 0) is 55.8 Å². The maximum Gasteiger partial charge on any atom is 0.251 e. The van der Waals surface area contributed by atoms with Crippen molar-refractivity contribution in [2.45, 2.75) is 18.9 Å². The average molecular weight is 340 g/mol. The third-order valence-electron chi connectivity index (χ3n) is 4.69. The summed E-state index contributed by atoms with van der Waals surface area (Å²) in [5, 5.41) is 5.49. The van der Waals surface area contributed by atoms with Gasteiger partial charge in [0.2, 0.25) is 5.91 Å². The number of nitrogens with zero attached hydrogens (tertiary/aromatic N) is 2. The number of rotatable bonds is 5. The third-order valence-corrected chi connectivity index (χ3v) is 4.69. The lowest BCUT2D eigenvalue weighted by Gasteiger charge is -2.24. The van der Waals surface area contributed by atoms with Gasteiger partial charge in [0.15, 0.2) is 0 Å². The van der Waals surface area contributed by atoms with E-state index in [0.29, 0.717) is 23.8 Å². The van der Waals surface area contributed by atoms with Crippen molar-refractivity contribution < 1.29 is 9.59 Å². The summed E-state index contributed by atoms with van der Waals surface area (Å²) >= 11 is 0. The number of aryl methyl sites for hydroxylation is 1. The van der Waals surface area contributed by atoms with Crippen LogP contribution in [0.15, 0.2) is 42.6 Å². The van der Waals surface area contributed by atoms with Crippen LogP contribution in [0.4, 0.5) is 5.69 Å². The highest BCUT2D eigenvalue weighted by molar-refractivity contribution is 5.96. The SMILES string of the molecule is CNC(=O)c1ccc(NC(=O)CN2CCC[C@H]2c2cccn2C)cc1. The third kappa shape index (κ3) is 3.91. The van der Waals surface area contributed by atoms with Gasteiger partial charge in [-0.2, -0.15) is 0 Å². The number of benzene rings is 1. The van der Waals surface area contributed by atoms with Crippen LogP contribution in [-0.4, -0.2) is 41.4 Å². The quantitative estimate of drug-likeness (QED) is 0.876. The van der Waals surface area contributed by atoms with E-state index in [2.05, 4.69) is 26.2 Å². The molecule has 0 radical (unpaired) electrons. The number of hydrogen-bond donors (Lipinski definition) is 2. The summed E-state index contributed by atoms with van der Waals surface area (Å²) in [5.74, 6) is -0.172. The van der Waals surface area contributed by atoms with E-state index in [-0.39, 0.29) is 11.8 Å². The predicted octanol–water partition coefficient (Wildman–Crippen LogP) is 2.16. The molecule has 0 unspecified atom stereocenters. The summed E-state index contributed by atoms with van der Waals surface area (Å²) < 4.78 is 2.12. The zero-order valence-corrected chi connectivity index (χ0v) is 14.7. The second kappa shape index (κ2) is 7.53. The van der Waals surface area contributed by atoms with E-state index in [9.17, 15) is 9.59 Å². The minimum atomic E-state index is -0.139. The lowest BCUT2D eigenvalue weighted by atomic mass is 10.1. The number of aromatic nitrogens is 1. The Morgan fingerprint density at radius 2 is 1.96 bits per heavy atom. The number of carbonyl (C=O) groups is 2. The topological polar surface area (TPSA) is 66.4 Å². The Hall–Kier alpha value is -2.60. The lowest BCUT2D eigenvalue weighted by molar-refractivity contribution is -0.117. The van der Waals surface area contributed by atoms with Crippen molar-refractivity contribution in [3.8, 4) is 0 Å². The van der Waals surface area contributed by atoms with Gasteiger partial charge < -0.3 is 15.2 Å². The molecule has 6 nitrogen and oxygen atoms in total. The summed E-state index contributed by atoms with van der Waals surface area (Å²) in [6, 6.07) is 11.4. The molecule has 0 aliphatic carbocycles. The van der Waals surface area contributed by atoms with Crippen LogP contribution in [0.1, 0.15) is 34.9 Å². The highest BCUT2D eigenvalue weighted by Crippen LogP contribution is 2.31. The Bertz CT molecular complexity index is 751. The van der Waals surface area contributed by atoms with Crippen LogP contribution in [0, 0.1) is 0 Å². The molecule has 6 heteroatoms. The number of carbonyl (C=O) groups excluding carboxylic acids is 2. The minimum Gasteiger partial charge on any atom is -0.355 e. The van der Waals surface area contributed by atoms with Crippen molar-refractivity contribution in [2.75, 3.05) is 25.5 Å². The highest BCUT2D eigenvalue weighted by atomic mass is 16.2. The van der Waals surface area contributed by atoms with Crippen LogP contribution in [0.3, 0.4) is 0 Å². The van der Waals surface area contributed by atoms with Crippen LogP contribution in [0.25, 0.3) is 0 Å². The van der Waals surface area contributed by atoms with Crippen molar-refractivity contribution in [1.82, 2.24) is 14.8 Å². The molecule has 0 spiro atoms. The Balaban J connectivity index is 1.60. The van der Waals surface area contributed by atoms with Crippen LogP contribution in [-0.2, 0) is 11.8 Å². The number of nitrogens with one attached hydrogen (secondary N) is 2. The van der Waals surface area contributed by atoms with E-state index in [4.69, 9.17) is 0 Å². The van der Waals surface area contributed by atoms with Gasteiger partial charge in [0.05, 0.1) is 12.6 Å². The van der Waals surface area contributed by atoms with Gasteiger partial charge >= 0.3 is 0 Å². The zero-order chi connectivity index (χ0) is 17.8. The fraction of sp³-hybridized carbons (Fsp3) is 0.368. The molecule has 1 fully saturated rings. The molecule has 132 valence electrons. The summed E-state index contributed by atoms with van der Waals surface area (Å²) in [5.41, 5.74) is 2.52. The second-order valence-corrected chi connectivity index (χ2v) is 6.38. The number of anilines is 1. The number of amides is 2. The molecule has 1 atom stereocenters. The minimum absolute atomic E-state index is 0.0335. The van der Waals surface area contributed by atoms with E-state index >= 15 is 0 Å². The van der Waals surface area contributed by atoms with E-state index in [1.807, 2.05) is 19.3 Å². The van der Waals surface area contributed by atoms with Crippen LogP contribution < -0.4 is 10.6 Å². The standard InChI is InChI=1S/C19H24N4O2/c1-20-19(25)14-7-9-15(10-8-14)21-18(24)13-23-12-4-6-17(23)16-5-3-11-22(16)2/h3,5,7-11,17H,4,6,12-13H2,1-2H3,(H,20,25)(H,21,24)/t17-/m0/s1. The van der Waals surface area contributed by atoms with Gasteiger partial charge in [-0.15, -0.1) is 0 Å². The second-order valence-electron chi connectivity index (χ2n) is 6.38. The Kier molecular flexibility index (Phi) is 5.19. The molecule has 2 amide bonds. The molecule has 2 aromatic rings. The first-order valence-corrected chi connectivity index (χ1v) is 8.56. The Morgan fingerprint density at radius 1 is 1.20 bits per heavy atom. The van der Waals surface area contributed by atoms with Crippen LogP contribution >= 0.6 is 0 Å². The summed E-state index contributed by atoms with van der Waals surface area (Å²) in [7, 11) is 3.64. The number of likely N-dealkylation sites (tertiary alicyclic amines) is 1. The largest absolute Gasteiger partial charge is 0.355 e. The van der Waals surface area contributed by atoms with Crippen molar-refractivity contribution in [3.05, 3.63) is 53.9 Å². The lowest BCUT2D eigenvalue weighted by Crippen LogP contribution is -2.33. The zero-order valence-electron chi connectivity index (χ0n) is 14.7. The molecular formula is C19H24N4O2. The fourth-order valence-corrected chi connectivity index (χ4v) is 3.41. The van der Waals surface area contributed by atoms with E-state index < -0.39 is 0 Å². The molecule has 1 aliphatic heterocycles. The summed E-state index contributed by atoms with van der Waals surface area (Å²) in [6.45, 7) is 1.30. The van der Waals surface area contributed by atoms with E-state index in [1.165, 1.54) is 5.69 Å². The molecule has 1 aromatic carbocycles. The molecule has 0 saturated carbocycles. The normalized spacial score (nSPS) is 17.4. The van der Waals surface area contributed by atoms with Crippen molar-refractivity contribution in [3.63, 3.8) is 0 Å². The molecule has 2 heterocycles. The summed E-state index contributed by atoms with van der Waals surface area (Å²) in [6.07, 6.45) is 4.22. The van der Waals surface area contributed by atoms with Crippen LogP contribution in [0.2, 0.25) is 0 Å². The highest BCUT2D eigenvalue weighted by Gasteiger charge is 2.28. The van der Waals surface area contributed by atoms with Gasteiger partial charge in [-0.1, -0.05) is 0 Å². The Morgan fingerprint density at radius 3 is 2.60 bits per heavy atom. The van der Waals surface area contributed by atoms with Crippen LogP contribution in [0.5, 0.6) is 0 Å². The maximum atomic E-state index is 12.4. The first-order chi connectivity index (χ1) is 12.1. The van der Waals surface area contributed by atoms with Gasteiger partial charge in [0.1, 0.15) is 0 Å². The molecule has 2 N–H and O–H groups in total. The first kappa shape index (κ1) is 17.2. The molecule has 1 aromatic heterocycles.